The van der Waals surface area contributed by atoms with Gasteiger partial charge in [0.2, 0.25) is 0 Å². The molecule has 2 aromatic rings. The van der Waals surface area contributed by atoms with Gasteiger partial charge in [0.25, 0.3) is 11.6 Å². The van der Waals surface area contributed by atoms with Gasteiger partial charge in [-0.2, -0.15) is 0 Å². The number of benzene rings is 2. The highest BCUT2D eigenvalue weighted by atomic mass is 79.9. The first-order valence-corrected chi connectivity index (χ1v) is 9.05. The molecule has 0 heterocycles. The van der Waals surface area contributed by atoms with Crippen molar-refractivity contribution in [2.75, 3.05) is 0 Å². The monoisotopic (exact) mass is 452 g/mol. The Morgan fingerprint density at radius 3 is 2.54 bits per heavy atom. The summed E-state index contributed by atoms with van der Waals surface area (Å²) in [5.74, 6) is -0.190. The fraction of sp³-hybridized carbons (Fsp3) is 0.235. The summed E-state index contributed by atoms with van der Waals surface area (Å²) < 4.78 is 1.98. The molecule has 5 nitrogen and oxygen atoms in total. The van der Waals surface area contributed by atoms with E-state index in [2.05, 4.69) is 37.2 Å². The number of carbonyl (C=O) groups excluding carboxylic acids is 1. The van der Waals surface area contributed by atoms with Gasteiger partial charge in [0.1, 0.15) is 5.56 Å². The number of nitro groups is 1. The van der Waals surface area contributed by atoms with Gasteiger partial charge < -0.3 is 5.32 Å². The van der Waals surface area contributed by atoms with Crippen molar-refractivity contribution in [3.05, 3.63) is 72.7 Å². The van der Waals surface area contributed by atoms with Crippen molar-refractivity contribution in [2.24, 2.45) is 0 Å². The van der Waals surface area contributed by atoms with Gasteiger partial charge in [-0.05, 0) is 36.6 Å². The van der Waals surface area contributed by atoms with Gasteiger partial charge >= 0.3 is 0 Å². The number of para-hydroxylation sites is 1. The first kappa shape index (κ1) is 17.1. The fourth-order valence-corrected chi connectivity index (χ4v) is 4.26. The second kappa shape index (κ2) is 7.03. The van der Waals surface area contributed by atoms with Crippen LogP contribution in [0.15, 0.2) is 51.4 Å². The topological polar surface area (TPSA) is 72.2 Å². The summed E-state index contributed by atoms with van der Waals surface area (Å²) in [5, 5.41) is 14.0. The maximum absolute atomic E-state index is 12.5. The molecule has 2 atom stereocenters. The molecule has 24 heavy (non-hydrogen) atoms. The molecular formula is C17H14Br2N2O3. The predicted molar refractivity (Wildman–Crippen MR) is 98.2 cm³/mol. The predicted octanol–water partition coefficient (Wildman–Crippen LogP) is 4.80. The summed E-state index contributed by atoms with van der Waals surface area (Å²) in [6.07, 6.45) is 1.83. The molecule has 0 bridgehead atoms. The molecule has 0 aromatic heterocycles. The number of nitrogens with zero attached hydrogens (tertiary/aromatic N) is 1. The molecule has 7 heteroatoms. The fourth-order valence-electron chi connectivity index (χ4n) is 2.92. The van der Waals surface area contributed by atoms with Crippen LogP contribution in [-0.4, -0.2) is 16.9 Å². The quantitative estimate of drug-likeness (QED) is 0.534. The molecule has 2 aromatic carbocycles. The molecular weight excluding hydrogens is 440 g/mol. The van der Waals surface area contributed by atoms with Gasteiger partial charge in [-0.15, -0.1) is 0 Å². The average molecular weight is 454 g/mol. The summed E-state index contributed by atoms with van der Waals surface area (Å²) >= 11 is 6.99. The van der Waals surface area contributed by atoms with E-state index < -0.39 is 10.8 Å². The smallest absolute Gasteiger partial charge is 0.282 e. The molecule has 1 N–H and O–H groups in total. The van der Waals surface area contributed by atoms with E-state index >= 15 is 0 Å². The number of nitro benzene ring substituents is 1. The van der Waals surface area contributed by atoms with Crippen LogP contribution < -0.4 is 5.32 Å². The van der Waals surface area contributed by atoms with Gasteiger partial charge in [0, 0.05) is 27.0 Å². The Kier molecular flexibility index (Phi) is 5.01. The zero-order valence-electron chi connectivity index (χ0n) is 12.5. The van der Waals surface area contributed by atoms with Crippen LogP contribution in [0.25, 0.3) is 0 Å². The van der Waals surface area contributed by atoms with Crippen LogP contribution in [0, 0.1) is 10.1 Å². The van der Waals surface area contributed by atoms with Crippen LogP contribution in [-0.2, 0) is 0 Å². The third-order valence-corrected chi connectivity index (χ3v) is 5.48. The first-order valence-electron chi connectivity index (χ1n) is 7.46. The third kappa shape index (κ3) is 3.37. The number of halogens is 2. The molecule has 124 valence electrons. The maximum Gasteiger partial charge on any atom is 0.282 e. The summed E-state index contributed by atoms with van der Waals surface area (Å²) in [5.41, 5.74) is 1.07. The van der Waals surface area contributed by atoms with E-state index in [-0.39, 0.29) is 23.2 Å². The van der Waals surface area contributed by atoms with Crippen molar-refractivity contribution >= 4 is 43.5 Å². The molecule has 1 aliphatic rings. The number of nitrogens with one attached hydrogen (secondary N) is 1. The standard InChI is InChI=1S/C17H14Br2N2O3/c18-10-5-6-11(14(19)9-10)12-7-8-15(12)20-17(22)13-3-1-2-4-16(13)21(23)24/h1-6,9,12,15H,7-8H2,(H,20,22)/t12-,15-/m1/s1. The van der Waals surface area contributed by atoms with Crippen molar-refractivity contribution in [1.29, 1.82) is 0 Å². The molecule has 1 amide bonds. The van der Waals surface area contributed by atoms with Crippen LogP contribution in [0.1, 0.15) is 34.7 Å². The van der Waals surface area contributed by atoms with Gasteiger partial charge in [-0.3, -0.25) is 14.9 Å². The lowest BCUT2D eigenvalue weighted by Gasteiger charge is -2.38. The van der Waals surface area contributed by atoms with E-state index in [1.165, 1.54) is 12.1 Å². The largest absolute Gasteiger partial charge is 0.348 e. The maximum atomic E-state index is 12.5. The van der Waals surface area contributed by atoms with E-state index in [1.807, 2.05) is 18.2 Å². The van der Waals surface area contributed by atoms with E-state index in [9.17, 15) is 14.9 Å². The number of rotatable bonds is 4. The Hall–Kier alpha value is -1.73. The minimum Gasteiger partial charge on any atom is -0.348 e. The summed E-state index contributed by atoms with van der Waals surface area (Å²) in [6.45, 7) is 0. The van der Waals surface area contributed by atoms with Crippen LogP contribution in [0.3, 0.4) is 0 Å². The van der Waals surface area contributed by atoms with E-state index in [4.69, 9.17) is 0 Å². The highest BCUT2D eigenvalue weighted by molar-refractivity contribution is 9.11. The summed E-state index contributed by atoms with van der Waals surface area (Å²) in [4.78, 5) is 23.0. The van der Waals surface area contributed by atoms with Crippen LogP contribution in [0.5, 0.6) is 0 Å². The molecule has 0 aliphatic heterocycles. The van der Waals surface area contributed by atoms with Gasteiger partial charge in [0.15, 0.2) is 0 Å². The zero-order chi connectivity index (χ0) is 17.3. The van der Waals surface area contributed by atoms with E-state index in [1.54, 1.807) is 12.1 Å². The van der Waals surface area contributed by atoms with Crippen molar-refractivity contribution in [3.63, 3.8) is 0 Å². The molecule has 0 unspecified atom stereocenters. The Balaban J connectivity index is 1.77. The normalized spacial score (nSPS) is 19.4. The zero-order valence-corrected chi connectivity index (χ0v) is 15.7. The Bertz CT molecular complexity index is 810. The SMILES string of the molecule is O=C(N[C@@H]1CC[C@@H]1c1ccc(Br)cc1Br)c1ccccc1[N+](=O)[O-]. The first-order chi connectivity index (χ1) is 11.5. The van der Waals surface area contributed by atoms with Crippen LogP contribution >= 0.6 is 31.9 Å². The highest BCUT2D eigenvalue weighted by Crippen LogP contribution is 2.41. The van der Waals surface area contributed by atoms with Gasteiger partial charge in [0.05, 0.1) is 4.92 Å². The average Bonchev–Trinajstić information content (AvgIpc) is 2.53. The lowest BCUT2D eigenvalue weighted by Crippen LogP contribution is -2.45. The second-order valence-corrected chi connectivity index (χ2v) is 7.47. The van der Waals surface area contributed by atoms with E-state index in [0.29, 0.717) is 0 Å². The number of hydrogen-bond acceptors (Lipinski definition) is 3. The summed E-state index contributed by atoms with van der Waals surface area (Å²) in [6, 6.07) is 12.0. The van der Waals surface area contributed by atoms with Gasteiger partial charge in [-0.25, -0.2) is 0 Å². The lowest BCUT2D eigenvalue weighted by atomic mass is 9.75. The van der Waals surface area contributed by atoms with Crippen molar-refractivity contribution in [3.8, 4) is 0 Å². The van der Waals surface area contributed by atoms with Gasteiger partial charge in [-0.1, -0.05) is 50.1 Å². The molecule has 1 fully saturated rings. The second-order valence-electron chi connectivity index (χ2n) is 5.70. The van der Waals surface area contributed by atoms with Crippen LogP contribution in [0.2, 0.25) is 0 Å². The van der Waals surface area contributed by atoms with E-state index in [0.717, 1.165) is 27.4 Å². The van der Waals surface area contributed by atoms with Crippen molar-refractivity contribution in [2.45, 2.75) is 24.8 Å². The van der Waals surface area contributed by atoms with Crippen molar-refractivity contribution in [1.82, 2.24) is 5.32 Å². The lowest BCUT2D eigenvalue weighted by molar-refractivity contribution is -0.385. The number of amides is 1. The number of hydrogen-bond donors (Lipinski definition) is 1. The Morgan fingerprint density at radius 1 is 1.17 bits per heavy atom. The molecule has 3 rings (SSSR count). The highest BCUT2D eigenvalue weighted by Gasteiger charge is 2.35. The third-order valence-electron chi connectivity index (χ3n) is 4.30. The molecule has 0 radical (unpaired) electrons. The van der Waals surface area contributed by atoms with Crippen molar-refractivity contribution < 1.29 is 9.72 Å². The molecule has 0 saturated heterocycles. The molecule has 1 saturated carbocycles. The Labute approximate surface area is 155 Å². The summed E-state index contributed by atoms with van der Waals surface area (Å²) in [7, 11) is 0. The minimum atomic E-state index is -0.529. The minimum absolute atomic E-state index is 0.0187. The molecule has 0 spiro atoms. The molecule has 1 aliphatic carbocycles. The number of carbonyl (C=O) groups is 1. The Morgan fingerprint density at radius 2 is 1.92 bits per heavy atom. The van der Waals surface area contributed by atoms with Crippen LogP contribution in [0.4, 0.5) is 5.69 Å².